The molecule has 1 saturated heterocycles. The van der Waals surface area contributed by atoms with Crippen molar-refractivity contribution in [2.75, 3.05) is 13.1 Å². The van der Waals surface area contributed by atoms with Gasteiger partial charge in [-0.15, -0.1) is 0 Å². The molecule has 0 radical (unpaired) electrons. The lowest BCUT2D eigenvalue weighted by Crippen LogP contribution is -2.20. The van der Waals surface area contributed by atoms with E-state index in [1.165, 1.54) is 0 Å². The minimum Gasteiger partial charge on any atom is -0.486 e. The fourth-order valence-electron chi connectivity index (χ4n) is 1.60. The number of nitrogens with zero attached hydrogens (tertiary/aromatic N) is 1. The van der Waals surface area contributed by atoms with Gasteiger partial charge in [0.1, 0.15) is 6.10 Å². The first-order valence-corrected chi connectivity index (χ1v) is 4.98. The Hall–Kier alpha value is -1.69. The fourth-order valence-corrected chi connectivity index (χ4v) is 1.60. The molecule has 0 spiro atoms. The van der Waals surface area contributed by atoms with E-state index in [-0.39, 0.29) is 17.5 Å². The van der Waals surface area contributed by atoms with E-state index in [1.54, 1.807) is 0 Å². The maximum absolute atomic E-state index is 13.3. The van der Waals surface area contributed by atoms with Crippen LogP contribution in [-0.4, -0.2) is 24.1 Å². The lowest BCUT2D eigenvalue weighted by molar-refractivity contribution is -0.385. The van der Waals surface area contributed by atoms with Crippen molar-refractivity contribution in [2.24, 2.45) is 0 Å². The van der Waals surface area contributed by atoms with Gasteiger partial charge in [0.25, 0.3) is 5.69 Å². The number of hydrogen-bond donors (Lipinski definition) is 1. The van der Waals surface area contributed by atoms with Crippen molar-refractivity contribution in [3.63, 3.8) is 0 Å². The maximum Gasteiger partial charge on any atom is 0.273 e. The van der Waals surface area contributed by atoms with E-state index in [1.807, 2.05) is 0 Å². The van der Waals surface area contributed by atoms with Crippen molar-refractivity contribution >= 4 is 5.69 Å². The molecule has 0 bridgehead atoms. The first-order chi connectivity index (χ1) is 7.66. The number of hydrogen-bond acceptors (Lipinski definition) is 4. The second-order valence-corrected chi connectivity index (χ2v) is 3.60. The lowest BCUT2D eigenvalue weighted by atomic mass is 10.2. The molecule has 0 aliphatic carbocycles. The van der Waals surface area contributed by atoms with Crippen molar-refractivity contribution in [3.8, 4) is 5.75 Å². The van der Waals surface area contributed by atoms with Crippen molar-refractivity contribution in [2.45, 2.75) is 12.5 Å². The molecule has 1 atom stereocenters. The van der Waals surface area contributed by atoms with Gasteiger partial charge in [0, 0.05) is 12.6 Å². The minimum absolute atomic E-state index is 0.0529. The monoisotopic (exact) mass is 226 g/mol. The van der Waals surface area contributed by atoms with Crippen LogP contribution in [0.25, 0.3) is 0 Å². The summed E-state index contributed by atoms with van der Waals surface area (Å²) >= 11 is 0. The van der Waals surface area contributed by atoms with Gasteiger partial charge in [-0.1, -0.05) is 0 Å². The van der Waals surface area contributed by atoms with Crippen molar-refractivity contribution in [1.82, 2.24) is 5.32 Å². The summed E-state index contributed by atoms with van der Waals surface area (Å²) < 4.78 is 18.7. The topological polar surface area (TPSA) is 64.4 Å². The highest BCUT2D eigenvalue weighted by Crippen LogP contribution is 2.25. The summed E-state index contributed by atoms with van der Waals surface area (Å²) in [4.78, 5) is 9.95. The molecule has 1 aromatic carbocycles. The molecule has 1 fully saturated rings. The molecule has 1 aromatic rings. The first kappa shape index (κ1) is 10.8. The maximum atomic E-state index is 13.3. The van der Waals surface area contributed by atoms with Gasteiger partial charge < -0.3 is 10.1 Å². The highest BCUT2D eigenvalue weighted by molar-refractivity contribution is 5.39. The summed E-state index contributed by atoms with van der Waals surface area (Å²) in [6.45, 7) is 1.46. The van der Waals surface area contributed by atoms with E-state index in [0.29, 0.717) is 6.54 Å². The number of ether oxygens (including phenoxy) is 1. The molecule has 1 aliphatic rings. The summed E-state index contributed by atoms with van der Waals surface area (Å²) in [6.07, 6.45) is 0.666. The zero-order chi connectivity index (χ0) is 11.5. The summed E-state index contributed by atoms with van der Waals surface area (Å²) in [5.74, 6) is -0.625. The molecule has 6 heteroatoms. The van der Waals surface area contributed by atoms with Crippen LogP contribution in [0.2, 0.25) is 0 Å². The third kappa shape index (κ3) is 2.27. The molecule has 2 rings (SSSR count). The predicted octanol–water partition coefficient (Wildman–Crippen LogP) is 1.47. The molecule has 16 heavy (non-hydrogen) atoms. The summed E-state index contributed by atoms with van der Waals surface area (Å²) in [5, 5.41) is 13.6. The third-order valence-electron chi connectivity index (χ3n) is 2.43. The van der Waals surface area contributed by atoms with Crippen LogP contribution in [0.1, 0.15) is 6.42 Å². The van der Waals surface area contributed by atoms with Crippen LogP contribution >= 0.6 is 0 Å². The molecule has 1 heterocycles. The minimum atomic E-state index is -0.572. The van der Waals surface area contributed by atoms with E-state index >= 15 is 0 Å². The molecule has 0 amide bonds. The standard InChI is InChI=1S/C10H11FN2O3/c11-9-2-1-7(13(14)15)5-10(9)16-8-3-4-12-6-8/h1-2,5,8,12H,3-4,6H2/t8-/m0/s1. The second-order valence-electron chi connectivity index (χ2n) is 3.60. The second kappa shape index (κ2) is 4.44. The average molecular weight is 226 g/mol. The van der Waals surface area contributed by atoms with Crippen LogP contribution in [0.3, 0.4) is 0 Å². The largest absolute Gasteiger partial charge is 0.486 e. The normalized spacial score (nSPS) is 19.7. The Bertz CT molecular complexity index is 405. The number of nitro benzene ring substituents is 1. The highest BCUT2D eigenvalue weighted by atomic mass is 19.1. The van der Waals surface area contributed by atoms with Gasteiger partial charge in [0.2, 0.25) is 0 Å². The van der Waals surface area contributed by atoms with Gasteiger partial charge >= 0.3 is 0 Å². The van der Waals surface area contributed by atoms with Crippen LogP contribution in [0, 0.1) is 15.9 Å². The van der Waals surface area contributed by atoms with Gasteiger partial charge in [-0.05, 0) is 19.0 Å². The van der Waals surface area contributed by atoms with Crippen LogP contribution in [0.4, 0.5) is 10.1 Å². The summed E-state index contributed by atoms with van der Waals surface area (Å²) in [7, 11) is 0. The molecular weight excluding hydrogens is 215 g/mol. The van der Waals surface area contributed by atoms with Crippen molar-refractivity contribution < 1.29 is 14.1 Å². The smallest absolute Gasteiger partial charge is 0.273 e. The number of halogens is 1. The first-order valence-electron chi connectivity index (χ1n) is 4.98. The summed E-state index contributed by atoms with van der Waals surface area (Å²) in [6, 6.07) is 3.29. The van der Waals surface area contributed by atoms with Crippen LogP contribution < -0.4 is 10.1 Å². The molecule has 5 nitrogen and oxygen atoms in total. The van der Waals surface area contributed by atoms with Crippen LogP contribution in [0.5, 0.6) is 5.75 Å². The summed E-state index contributed by atoms with van der Waals surface area (Å²) in [5.41, 5.74) is -0.164. The molecule has 1 aliphatic heterocycles. The number of benzene rings is 1. The van der Waals surface area contributed by atoms with E-state index in [9.17, 15) is 14.5 Å². The van der Waals surface area contributed by atoms with Crippen molar-refractivity contribution in [1.29, 1.82) is 0 Å². The Morgan fingerprint density at radius 1 is 1.56 bits per heavy atom. The van der Waals surface area contributed by atoms with Gasteiger partial charge in [-0.25, -0.2) is 4.39 Å². The van der Waals surface area contributed by atoms with E-state index in [0.717, 1.165) is 31.2 Å². The number of rotatable bonds is 3. The molecule has 0 aromatic heterocycles. The third-order valence-corrected chi connectivity index (χ3v) is 2.43. The Morgan fingerprint density at radius 2 is 2.38 bits per heavy atom. The molecule has 0 unspecified atom stereocenters. The molecule has 86 valence electrons. The zero-order valence-corrected chi connectivity index (χ0v) is 8.48. The van der Waals surface area contributed by atoms with E-state index < -0.39 is 10.7 Å². The van der Waals surface area contributed by atoms with Crippen LogP contribution in [-0.2, 0) is 0 Å². The molecule has 1 N–H and O–H groups in total. The van der Waals surface area contributed by atoms with Gasteiger partial charge in [0.05, 0.1) is 11.0 Å². The number of non-ortho nitro benzene ring substituents is 1. The Morgan fingerprint density at radius 3 is 3.00 bits per heavy atom. The van der Waals surface area contributed by atoms with Crippen LogP contribution in [0.15, 0.2) is 18.2 Å². The number of nitro groups is 1. The molecule has 0 saturated carbocycles. The Balaban J connectivity index is 2.17. The zero-order valence-electron chi connectivity index (χ0n) is 8.48. The van der Waals surface area contributed by atoms with Crippen molar-refractivity contribution in [3.05, 3.63) is 34.1 Å². The SMILES string of the molecule is O=[N+]([O-])c1ccc(F)c(O[C@H]2CCNC2)c1. The fraction of sp³-hybridized carbons (Fsp3) is 0.400. The Labute approximate surface area is 91.4 Å². The van der Waals surface area contributed by atoms with E-state index in [2.05, 4.69) is 5.32 Å². The molecular formula is C10H11FN2O3. The van der Waals surface area contributed by atoms with Gasteiger partial charge in [0.15, 0.2) is 11.6 Å². The average Bonchev–Trinajstić information content (AvgIpc) is 2.73. The Kier molecular flexibility index (Phi) is 3.00. The van der Waals surface area contributed by atoms with Gasteiger partial charge in [-0.2, -0.15) is 0 Å². The predicted molar refractivity (Wildman–Crippen MR) is 55.0 cm³/mol. The van der Waals surface area contributed by atoms with E-state index in [4.69, 9.17) is 4.74 Å². The quantitative estimate of drug-likeness (QED) is 0.626. The highest BCUT2D eigenvalue weighted by Gasteiger charge is 2.19. The van der Waals surface area contributed by atoms with Gasteiger partial charge in [-0.3, -0.25) is 10.1 Å². The lowest BCUT2D eigenvalue weighted by Gasteiger charge is -2.12. The number of nitrogens with one attached hydrogen (secondary N) is 1.